The van der Waals surface area contributed by atoms with Gasteiger partial charge in [0.1, 0.15) is 4.99 Å². The van der Waals surface area contributed by atoms with E-state index in [1.54, 1.807) is 6.20 Å². The van der Waals surface area contributed by atoms with Crippen molar-refractivity contribution in [2.45, 2.75) is 18.9 Å². The molecular weight excluding hydrogens is 270 g/mol. The molecule has 2 heterocycles. The zero-order valence-electron chi connectivity index (χ0n) is 11.1. The van der Waals surface area contributed by atoms with Gasteiger partial charge in [0.15, 0.2) is 0 Å². The second-order valence-electron chi connectivity index (χ2n) is 4.99. The number of pyridine rings is 1. The number of rotatable bonds is 3. The van der Waals surface area contributed by atoms with Crippen LogP contribution in [0.5, 0.6) is 0 Å². The summed E-state index contributed by atoms with van der Waals surface area (Å²) >= 11 is 5.15. The summed E-state index contributed by atoms with van der Waals surface area (Å²) in [5, 5.41) is 4.59. The standard InChI is InChI=1S/C15H17N3OS/c16-15(20)12-8-17-13-6-2-1-5-11(13)14(12)18-10-4-3-7-19-9-10/h1-2,5-6,8,10H,3-4,7,9H2,(H2,16,20)(H,17,18). The fourth-order valence-corrected chi connectivity index (χ4v) is 2.70. The SMILES string of the molecule is NC(=S)c1cnc2ccccc2c1NC1CCCOC1. The van der Waals surface area contributed by atoms with Gasteiger partial charge in [0.05, 0.1) is 23.4 Å². The maximum Gasteiger partial charge on any atom is 0.107 e. The van der Waals surface area contributed by atoms with Crippen molar-refractivity contribution in [2.75, 3.05) is 18.5 Å². The number of fused-ring (bicyclic) bond motifs is 1. The zero-order valence-corrected chi connectivity index (χ0v) is 12.0. The molecule has 0 amide bonds. The Kier molecular flexibility index (Phi) is 3.80. The van der Waals surface area contributed by atoms with E-state index in [1.165, 1.54) is 0 Å². The summed E-state index contributed by atoms with van der Waals surface area (Å²) in [7, 11) is 0. The highest BCUT2D eigenvalue weighted by Crippen LogP contribution is 2.27. The molecule has 4 nitrogen and oxygen atoms in total. The minimum Gasteiger partial charge on any atom is -0.389 e. The molecule has 1 aromatic heterocycles. The normalized spacial score (nSPS) is 18.9. The maximum absolute atomic E-state index is 5.83. The third-order valence-electron chi connectivity index (χ3n) is 3.55. The summed E-state index contributed by atoms with van der Waals surface area (Å²) in [6.45, 7) is 1.56. The zero-order chi connectivity index (χ0) is 13.9. The molecule has 3 rings (SSSR count). The minimum absolute atomic E-state index is 0.294. The van der Waals surface area contributed by atoms with Crippen LogP contribution < -0.4 is 11.1 Å². The summed E-state index contributed by atoms with van der Waals surface area (Å²) in [5.74, 6) is 0. The molecule has 20 heavy (non-hydrogen) atoms. The van der Waals surface area contributed by atoms with E-state index in [1.807, 2.05) is 24.3 Å². The molecule has 2 aromatic rings. The van der Waals surface area contributed by atoms with Gasteiger partial charge in [-0.15, -0.1) is 0 Å². The van der Waals surface area contributed by atoms with Gasteiger partial charge in [0.2, 0.25) is 0 Å². The molecule has 1 aliphatic heterocycles. The summed E-state index contributed by atoms with van der Waals surface area (Å²) in [4.78, 5) is 4.78. The van der Waals surface area contributed by atoms with Gasteiger partial charge in [-0.2, -0.15) is 0 Å². The van der Waals surface area contributed by atoms with Gasteiger partial charge in [-0.1, -0.05) is 30.4 Å². The fourth-order valence-electron chi connectivity index (χ4n) is 2.54. The molecule has 0 saturated carbocycles. The first kappa shape index (κ1) is 13.3. The molecule has 104 valence electrons. The first-order chi connectivity index (χ1) is 9.75. The van der Waals surface area contributed by atoms with E-state index in [0.29, 0.717) is 17.6 Å². The summed E-state index contributed by atoms with van der Waals surface area (Å²) in [5.41, 5.74) is 8.53. The number of aromatic nitrogens is 1. The van der Waals surface area contributed by atoms with Crippen molar-refractivity contribution >= 4 is 33.8 Å². The van der Waals surface area contributed by atoms with Gasteiger partial charge in [-0.3, -0.25) is 4.98 Å². The Morgan fingerprint density at radius 1 is 1.40 bits per heavy atom. The summed E-state index contributed by atoms with van der Waals surface area (Å²) < 4.78 is 5.52. The van der Waals surface area contributed by atoms with Crippen molar-refractivity contribution in [1.29, 1.82) is 0 Å². The molecule has 0 bridgehead atoms. The van der Waals surface area contributed by atoms with Gasteiger partial charge in [-0.25, -0.2) is 0 Å². The van der Waals surface area contributed by atoms with Crippen LogP contribution >= 0.6 is 12.2 Å². The Balaban J connectivity index is 2.04. The van der Waals surface area contributed by atoms with Crippen molar-refractivity contribution in [3.05, 3.63) is 36.0 Å². The highest BCUT2D eigenvalue weighted by atomic mass is 32.1. The lowest BCUT2D eigenvalue weighted by Gasteiger charge is -2.26. The maximum atomic E-state index is 5.83. The van der Waals surface area contributed by atoms with Crippen LogP contribution in [0, 0.1) is 0 Å². The lowest BCUT2D eigenvalue weighted by molar-refractivity contribution is 0.0876. The third kappa shape index (κ3) is 2.59. The van der Waals surface area contributed by atoms with E-state index >= 15 is 0 Å². The number of hydrogen-bond acceptors (Lipinski definition) is 4. The number of nitrogens with two attached hydrogens (primary N) is 1. The molecule has 1 fully saturated rings. The Morgan fingerprint density at radius 2 is 2.25 bits per heavy atom. The largest absolute Gasteiger partial charge is 0.389 e. The predicted molar refractivity (Wildman–Crippen MR) is 85.1 cm³/mol. The van der Waals surface area contributed by atoms with Crippen molar-refractivity contribution in [3.8, 4) is 0 Å². The van der Waals surface area contributed by atoms with Crippen LogP contribution in [0.25, 0.3) is 10.9 Å². The van der Waals surface area contributed by atoms with Crippen LogP contribution in [0.3, 0.4) is 0 Å². The number of hydrogen-bond donors (Lipinski definition) is 2. The summed E-state index contributed by atoms with van der Waals surface area (Å²) in [6, 6.07) is 8.29. The number of nitrogens with zero attached hydrogens (tertiary/aromatic N) is 1. The number of thiocarbonyl (C=S) groups is 1. The monoisotopic (exact) mass is 287 g/mol. The van der Waals surface area contributed by atoms with Crippen LogP contribution in [-0.4, -0.2) is 29.2 Å². The topological polar surface area (TPSA) is 60.2 Å². The van der Waals surface area contributed by atoms with Crippen molar-refractivity contribution in [2.24, 2.45) is 5.73 Å². The molecular formula is C15H17N3OS. The molecule has 1 aromatic carbocycles. The molecule has 1 unspecified atom stereocenters. The number of nitrogens with one attached hydrogen (secondary N) is 1. The second-order valence-corrected chi connectivity index (χ2v) is 5.43. The second kappa shape index (κ2) is 5.73. The van der Waals surface area contributed by atoms with E-state index in [4.69, 9.17) is 22.7 Å². The number of ether oxygens (including phenoxy) is 1. The van der Waals surface area contributed by atoms with E-state index < -0.39 is 0 Å². The first-order valence-corrected chi connectivity index (χ1v) is 7.18. The average Bonchev–Trinajstić information content (AvgIpc) is 2.48. The molecule has 1 aliphatic rings. The molecule has 0 aliphatic carbocycles. The molecule has 5 heteroatoms. The third-order valence-corrected chi connectivity index (χ3v) is 3.77. The Bertz CT molecular complexity index is 638. The van der Waals surface area contributed by atoms with Crippen molar-refractivity contribution < 1.29 is 4.74 Å². The van der Waals surface area contributed by atoms with E-state index in [0.717, 1.165) is 41.6 Å². The first-order valence-electron chi connectivity index (χ1n) is 6.77. The fraction of sp³-hybridized carbons (Fsp3) is 0.333. The van der Waals surface area contributed by atoms with Gasteiger partial charge in [0, 0.05) is 24.2 Å². The molecule has 1 atom stereocenters. The highest BCUT2D eigenvalue weighted by Gasteiger charge is 2.18. The number of benzene rings is 1. The van der Waals surface area contributed by atoms with Crippen LogP contribution in [0.15, 0.2) is 30.5 Å². The average molecular weight is 287 g/mol. The minimum atomic E-state index is 0.294. The Labute approximate surface area is 123 Å². The predicted octanol–water partition coefficient (Wildman–Crippen LogP) is 2.46. The van der Waals surface area contributed by atoms with Gasteiger partial charge >= 0.3 is 0 Å². The van der Waals surface area contributed by atoms with E-state index in [9.17, 15) is 0 Å². The Morgan fingerprint density at radius 3 is 3.00 bits per heavy atom. The molecule has 0 spiro atoms. The molecule has 0 radical (unpaired) electrons. The van der Waals surface area contributed by atoms with Crippen LogP contribution in [0.2, 0.25) is 0 Å². The Hall–Kier alpha value is -1.72. The van der Waals surface area contributed by atoms with E-state index in [-0.39, 0.29) is 0 Å². The molecule has 3 N–H and O–H groups in total. The lowest BCUT2D eigenvalue weighted by atomic mass is 10.1. The number of para-hydroxylation sites is 1. The van der Waals surface area contributed by atoms with Gasteiger partial charge in [-0.05, 0) is 18.9 Å². The van der Waals surface area contributed by atoms with Crippen molar-refractivity contribution in [3.63, 3.8) is 0 Å². The van der Waals surface area contributed by atoms with Gasteiger partial charge in [0.25, 0.3) is 0 Å². The summed E-state index contributed by atoms with van der Waals surface area (Å²) in [6.07, 6.45) is 3.91. The van der Waals surface area contributed by atoms with E-state index in [2.05, 4.69) is 10.3 Å². The number of anilines is 1. The quantitative estimate of drug-likeness (QED) is 0.849. The van der Waals surface area contributed by atoms with Crippen LogP contribution in [-0.2, 0) is 4.74 Å². The van der Waals surface area contributed by atoms with Crippen LogP contribution in [0.4, 0.5) is 5.69 Å². The highest BCUT2D eigenvalue weighted by molar-refractivity contribution is 7.80. The van der Waals surface area contributed by atoms with Gasteiger partial charge < -0.3 is 15.8 Å². The van der Waals surface area contributed by atoms with Crippen molar-refractivity contribution in [1.82, 2.24) is 4.98 Å². The van der Waals surface area contributed by atoms with Crippen LogP contribution in [0.1, 0.15) is 18.4 Å². The molecule has 1 saturated heterocycles. The lowest BCUT2D eigenvalue weighted by Crippen LogP contribution is -2.31. The smallest absolute Gasteiger partial charge is 0.107 e.